The van der Waals surface area contributed by atoms with Gasteiger partial charge in [-0.15, -0.1) is 0 Å². The highest BCUT2D eigenvalue weighted by atomic mass is 16.7. The second-order valence-corrected chi connectivity index (χ2v) is 8.80. The van der Waals surface area contributed by atoms with Gasteiger partial charge >= 0.3 is 0 Å². The lowest BCUT2D eigenvalue weighted by Gasteiger charge is -2.35. The van der Waals surface area contributed by atoms with Crippen LogP contribution in [0.15, 0.2) is 0 Å². The average Bonchev–Trinajstić information content (AvgIpc) is 3.09. The third-order valence-corrected chi connectivity index (χ3v) is 5.67. The summed E-state index contributed by atoms with van der Waals surface area (Å²) < 4.78 is 22.5. The molecule has 1 saturated heterocycles. The van der Waals surface area contributed by atoms with Crippen LogP contribution in [0, 0.1) is 11.8 Å². The van der Waals surface area contributed by atoms with Gasteiger partial charge in [0.25, 0.3) is 0 Å². The minimum Gasteiger partial charge on any atom is -0.379 e. The fourth-order valence-electron chi connectivity index (χ4n) is 3.89. The van der Waals surface area contributed by atoms with Crippen LogP contribution in [0.25, 0.3) is 0 Å². The lowest BCUT2D eigenvalue weighted by atomic mass is 9.85. The second kappa shape index (κ2) is 11.5. The van der Waals surface area contributed by atoms with Crippen molar-refractivity contribution >= 4 is 5.78 Å². The van der Waals surface area contributed by atoms with E-state index in [1.54, 1.807) is 0 Å². The lowest BCUT2D eigenvalue weighted by Crippen LogP contribution is -2.36. The van der Waals surface area contributed by atoms with E-state index in [0.29, 0.717) is 29.8 Å². The molecule has 0 radical (unpaired) electrons. The van der Waals surface area contributed by atoms with Gasteiger partial charge in [0.05, 0.1) is 25.4 Å². The van der Waals surface area contributed by atoms with Gasteiger partial charge in [-0.05, 0) is 65.2 Å². The van der Waals surface area contributed by atoms with E-state index in [1.165, 1.54) is 12.8 Å². The first-order valence-electron chi connectivity index (χ1n) is 10.9. The summed E-state index contributed by atoms with van der Waals surface area (Å²) in [6, 6.07) is 0. The summed E-state index contributed by atoms with van der Waals surface area (Å²) in [6.45, 7) is 11.6. The number of ether oxygens (including phenoxy) is 4. The highest BCUT2D eigenvalue weighted by Gasteiger charge is 2.40. The van der Waals surface area contributed by atoms with Crippen molar-refractivity contribution in [2.24, 2.45) is 11.8 Å². The minimum atomic E-state index is -0.214. The molecule has 1 aliphatic heterocycles. The molecule has 3 rings (SSSR count). The number of ketones is 1. The van der Waals surface area contributed by atoms with Crippen LogP contribution in [0.4, 0.5) is 0 Å². The Morgan fingerprint density at radius 2 is 1.30 bits per heavy atom. The maximum atomic E-state index is 10.9. The predicted molar refractivity (Wildman–Crippen MR) is 106 cm³/mol. The molecule has 0 N–H and O–H groups in total. The Morgan fingerprint density at radius 1 is 0.852 bits per heavy atom. The zero-order valence-corrected chi connectivity index (χ0v) is 17.8. The second-order valence-electron chi connectivity index (χ2n) is 8.80. The van der Waals surface area contributed by atoms with Crippen LogP contribution in [0.5, 0.6) is 0 Å². The summed E-state index contributed by atoms with van der Waals surface area (Å²) in [5, 5.41) is 0. The zero-order valence-electron chi connectivity index (χ0n) is 17.8. The number of Topliss-reactive ketones (excluding diaryl/α,β-unsaturated/α-hetero) is 1. The van der Waals surface area contributed by atoms with Crippen LogP contribution in [-0.2, 0) is 23.7 Å². The first-order chi connectivity index (χ1) is 12.9. The van der Waals surface area contributed by atoms with Crippen LogP contribution >= 0.6 is 0 Å². The third-order valence-electron chi connectivity index (χ3n) is 5.67. The third kappa shape index (κ3) is 8.59. The van der Waals surface area contributed by atoms with Crippen LogP contribution in [-0.4, -0.2) is 50.2 Å². The van der Waals surface area contributed by atoms with Crippen molar-refractivity contribution in [2.45, 2.75) is 97.1 Å². The van der Waals surface area contributed by atoms with Gasteiger partial charge in [-0.3, -0.25) is 4.79 Å². The number of hydrogen-bond acceptors (Lipinski definition) is 5. The van der Waals surface area contributed by atoms with Crippen molar-refractivity contribution in [3.8, 4) is 0 Å². The molecule has 0 atom stereocenters. The topological polar surface area (TPSA) is 54.0 Å². The fraction of sp³-hybridized carbons (Fsp3) is 0.955. The molecule has 158 valence electrons. The van der Waals surface area contributed by atoms with Crippen LogP contribution in [0.1, 0.15) is 79.1 Å². The first kappa shape index (κ1) is 22.8. The molecule has 0 aromatic rings. The highest BCUT2D eigenvalue weighted by molar-refractivity contribution is 5.79. The predicted octanol–water partition coefficient (Wildman–Crippen LogP) is 4.52. The van der Waals surface area contributed by atoms with E-state index in [0.717, 1.165) is 65.0 Å². The Morgan fingerprint density at radius 3 is 1.74 bits per heavy atom. The smallest absolute Gasteiger partial charge is 0.168 e. The van der Waals surface area contributed by atoms with Gasteiger partial charge in [0.2, 0.25) is 0 Å². The van der Waals surface area contributed by atoms with Crippen LogP contribution in [0.2, 0.25) is 0 Å². The molecule has 5 nitrogen and oxygen atoms in total. The summed E-state index contributed by atoms with van der Waals surface area (Å²) in [7, 11) is 0. The molecule has 27 heavy (non-hydrogen) atoms. The first-order valence-corrected chi connectivity index (χ1v) is 10.9. The molecule has 0 amide bonds. The Bertz CT molecular complexity index is 408. The molecule has 0 aromatic carbocycles. The molecule has 3 aliphatic rings. The lowest BCUT2D eigenvalue weighted by molar-refractivity contribution is -0.185. The minimum absolute atomic E-state index is 0.214. The van der Waals surface area contributed by atoms with Gasteiger partial charge in [0.15, 0.2) is 5.79 Å². The number of carbonyl (C=O) groups is 1. The van der Waals surface area contributed by atoms with Gasteiger partial charge in [0, 0.05) is 38.9 Å². The number of carbonyl (C=O) groups excluding carboxylic acids is 1. The molecule has 3 fully saturated rings. The van der Waals surface area contributed by atoms with Gasteiger partial charge in [-0.2, -0.15) is 0 Å². The molecule has 1 heterocycles. The molecule has 1 spiro atoms. The summed E-state index contributed by atoms with van der Waals surface area (Å²) >= 11 is 0. The number of rotatable bonds is 6. The summed E-state index contributed by atoms with van der Waals surface area (Å²) in [4.78, 5) is 10.9. The van der Waals surface area contributed by atoms with E-state index in [4.69, 9.17) is 18.9 Å². The Labute approximate surface area is 165 Å². The van der Waals surface area contributed by atoms with E-state index in [1.807, 2.05) is 13.8 Å². The zero-order chi connectivity index (χ0) is 19.7. The van der Waals surface area contributed by atoms with Crippen molar-refractivity contribution in [1.82, 2.24) is 0 Å². The maximum Gasteiger partial charge on any atom is 0.168 e. The van der Waals surface area contributed by atoms with Crippen molar-refractivity contribution < 1.29 is 23.7 Å². The Balaban J connectivity index is 0.000000199. The van der Waals surface area contributed by atoms with E-state index in [2.05, 4.69) is 13.8 Å². The van der Waals surface area contributed by atoms with Gasteiger partial charge in [0.1, 0.15) is 5.78 Å². The largest absolute Gasteiger partial charge is 0.379 e. The monoisotopic (exact) mass is 384 g/mol. The van der Waals surface area contributed by atoms with E-state index in [-0.39, 0.29) is 5.79 Å². The summed E-state index contributed by atoms with van der Waals surface area (Å²) in [5.41, 5.74) is 0. The maximum absolute atomic E-state index is 10.9. The fourth-order valence-corrected chi connectivity index (χ4v) is 3.89. The van der Waals surface area contributed by atoms with E-state index >= 15 is 0 Å². The molecule has 2 saturated carbocycles. The van der Waals surface area contributed by atoms with Crippen molar-refractivity contribution in [1.29, 1.82) is 0 Å². The van der Waals surface area contributed by atoms with Crippen molar-refractivity contribution in [3.05, 3.63) is 0 Å². The number of hydrogen-bond donors (Lipinski definition) is 0. The van der Waals surface area contributed by atoms with E-state index in [9.17, 15) is 4.79 Å². The molecule has 0 bridgehead atoms. The van der Waals surface area contributed by atoms with Crippen LogP contribution in [0.3, 0.4) is 0 Å². The standard InChI is InChI=1S/C12H22O3.C10H18O2/c1-10(2)13-9-11-3-5-12(6-4-11)14-7-8-15-12;1-8(2)12-7-9-3-5-10(11)6-4-9/h10-11H,3-9H2,1-2H3;8-9H,3-7H2,1-2H3. The Hall–Kier alpha value is -0.490. The quantitative estimate of drug-likeness (QED) is 0.674. The van der Waals surface area contributed by atoms with E-state index < -0.39 is 0 Å². The van der Waals surface area contributed by atoms with Gasteiger partial charge in [-0.1, -0.05) is 0 Å². The Kier molecular flexibility index (Phi) is 9.71. The molecule has 0 unspecified atom stereocenters. The molecular weight excluding hydrogens is 344 g/mol. The highest BCUT2D eigenvalue weighted by Crippen LogP contribution is 2.38. The van der Waals surface area contributed by atoms with Crippen molar-refractivity contribution in [3.63, 3.8) is 0 Å². The normalized spacial score (nSPS) is 23.9. The summed E-state index contributed by atoms with van der Waals surface area (Å²) in [5.74, 6) is 1.54. The molecular formula is C22H40O5. The van der Waals surface area contributed by atoms with Crippen molar-refractivity contribution in [2.75, 3.05) is 26.4 Å². The van der Waals surface area contributed by atoms with Gasteiger partial charge in [-0.25, -0.2) is 0 Å². The van der Waals surface area contributed by atoms with Gasteiger partial charge < -0.3 is 18.9 Å². The molecule has 2 aliphatic carbocycles. The summed E-state index contributed by atoms with van der Waals surface area (Å²) in [6.07, 6.45) is 8.70. The average molecular weight is 385 g/mol. The molecule has 0 aromatic heterocycles. The molecule has 5 heteroatoms. The van der Waals surface area contributed by atoms with Crippen LogP contribution < -0.4 is 0 Å². The SMILES string of the molecule is CC(C)OCC1CCC(=O)CC1.CC(C)OCC1CCC2(CC1)OCCO2.